The Morgan fingerprint density at radius 3 is 2.92 bits per heavy atom. The van der Waals surface area contributed by atoms with Gasteiger partial charge in [0.1, 0.15) is 12.7 Å². The van der Waals surface area contributed by atoms with E-state index in [4.69, 9.17) is 0 Å². The second-order valence-electron chi connectivity index (χ2n) is 4.10. The maximum Gasteiger partial charge on any atom is 0.139 e. The van der Waals surface area contributed by atoms with Crippen molar-refractivity contribution in [3.63, 3.8) is 0 Å². The highest BCUT2D eigenvalue weighted by atomic mass is 15.5. The normalized spacial score (nSPS) is 24.0. The Labute approximate surface area is 77.7 Å². The molecular weight excluding hydrogens is 164 g/mol. The Hall–Kier alpha value is -1.19. The summed E-state index contributed by atoms with van der Waals surface area (Å²) in [4.78, 5) is 5.40. The Kier molecular flexibility index (Phi) is 1.90. The third kappa shape index (κ3) is 1.61. The van der Waals surface area contributed by atoms with Gasteiger partial charge in [0.2, 0.25) is 0 Å². The van der Waals surface area contributed by atoms with Crippen LogP contribution in [-0.2, 0) is 0 Å². The first-order chi connectivity index (χ1) is 6.18. The molecule has 13 heavy (non-hydrogen) atoms. The summed E-state index contributed by atoms with van der Waals surface area (Å²) in [5.41, 5.74) is 1.48. The van der Waals surface area contributed by atoms with E-state index in [-0.39, 0.29) is 5.41 Å². The monoisotopic (exact) mass is 178 g/mol. The topological polar surface area (TPSA) is 43.1 Å². The van der Waals surface area contributed by atoms with Crippen LogP contribution in [0.2, 0.25) is 0 Å². The summed E-state index contributed by atoms with van der Waals surface area (Å²) in [5, 5.41) is 8.39. The van der Waals surface area contributed by atoms with Gasteiger partial charge in [0.05, 0.1) is 0 Å². The molecule has 0 unspecified atom stereocenters. The molecule has 2 rings (SSSR count). The maximum atomic E-state index is 4.43. The molecule has 0 saturated heterocycles. The van der Waals surface area contributed by atoms with Crippen LogP contribution >= 0.6 is 0 Å². The quantitative estimate of drug-likeness (QED) is 0.656. The molecule has 4 nitrogen and oxygen atoms in total. The van der Waals surface area contributed by atoms with E-state index in [1.165, 1.54) is 24.9 Å². The first-order valence-corrected chi connectivity index (χ1v) is 4.61. The Morgan fingerprint density at radius 2 is 2.38 bits per heavy atom. The number of nitrogens with zero attached hydrogens (tertiary/aromatic N) is 4. The molecule has 0 atom stereocenters. The fraction of sp³-hybridized carbons (Fsp3) is 0.667. The molecule has 70 valence electrons. The van der Waals surface area contributed by atoms with Gasteiger partial charge in [-0.3, -0.25) is 0 Å². The van der Waals surface area contributed by atoms with Gasteiger partial charge in [0.15, 0.2) is 0 Å². The summed E-state index contributed by atoms with van der Waals surface area (Å²) < 4.78 is 0. The van der Waals surface area contributed by atoms with Crippen molar-refractivity contribution < 1.29 is 0 Å². The van der Waals surface area contributed by atoms with E-state index >= 15 is 0 Å². The lowest BCUT2D eigenvalue weighted by molar-refractivity contribution is 0.506. The summed E-state index contributed by atoms with van der Waals surface area (Å²) in [6, 6.07) is 0. The Bertz CT molecular complexity index is 310. The lowest BCUT2D eigenvalue weighted by atomic mass is 9.90. The summed E-state index contributed by atoms with van der Waals surface area (Å²) in [6.07, 6.45) is 6.68. The third-order valence-corrected chi connectivity index (χ3v) is 2.63. The number of rotatable bonds is 1. The second kappa shape index (κ2) is 2.94. The lowest BCUT2D eigenvalue weighted by Crippen LogP contribution is -2.18. The van der Waals surface area contributed by atoms with Gasteiger partial charge in [0, 0.05) is 11.1 Å². The molecule has 1 fully saturated rings. The molecular formula is C9H14N4. The highest BCUT2D eigenvalue weighted by Crippen LogP contribution is 2.34. The van der Waals surface area contributed by atoms with E-state index in [0.29, 0.717) is 0 Å². The number of hydrogen-bond donors (Lipinski definition) is 0. The van der Waals surface area contributed by atoms with Gasteiger partial charge in [-0.15, -0.1) is 9.89 Å². The lowest BCUT2D eigenvalue weighted by Gasteiger charge is -2.17. The molecule has 1 aliphatic carbocycles. The van der Waals surface area contributed by atoms with Crippen LogP contribution in [0.1, 0.15) is 33.1 Å². The zero-order chi connectivity index (χ0) is 9.31. The number of hydrogen-bond acceptors (Lipinski definition) is 3. The molecule has 1 aromatic heterocycles. The molecule has 0 bridgehead atoms. The first kappa shape index (κ1) is 8.41. The van der Waals surface area contributed by atoms with Gasteiger partial charge in [-0.2, -0.15) is 5.10 Å². The van der Waals surface area contributed by atoms with Crippen LogP contribution in [-0.4, -0.2) is 20.6 Å². The van der Waals surface area contributed by atoms with Gasteiger partial charge < -0.3 is 0 Å². The first-order valence-electron chi connectivity index (χ1n) is 4.61. The smallest absolute Gasteiger partial charge is 0.139 e. The molecule has 0 aromatic carbocycles. The van der Waals surface area contributed by atoms with E-state index < -0.39 is 0 Å². The minimum Gasteiger partial charge on any atom is -0.221 e. The fourth-order valence-corrected chi connectivity index (χ4v) is 1.74. The predicted octanol–water partition coefficient (Wildman–Crippen LogP) is 1.69. The van der Waals surface area contributed by atoms with Crippen LogP contribution in [0.5, 0.6) is 0 Å². The number of aromatic nitrogens is 3. The minimum atomic E-state index is 0.242. The van der Waals surface area contributed by atoms with E-state index in [1.807, 2.05) is 0 Å². The van der Waals surface area contributed by atoms with Crippen LogP contribution in [0.4, 0.5) is 0 Å². The third-order valence-electron chi connectivity index (χ3n) is 2.63. The van der Waals surface area contributed by atoms with Crippen LogP contribution < -0.4 is 0 Å². The molecule has 1 aliphatic rings. The molecule has 1 heterocycles. The van der Waals surface area contributed by atoms with Gasteiger partial charge in [-0.1, -0.05) is 13.8 Å². The standard InChI is InChI=1S/C9H14N4/c1-9(2)5-3-4-8(9)12-13-7-10-6-11-13/h6-7H,3-5H2,1-2H3/b12-8-. The van der Waals surface area contributed by atoms with E-state index in [1.54, 1.807) is 11.1 Å². The van der Waals surface area contributed by atoms with Gasteiger partial charge >= 0.3 is 0 Å². The summed E-state index contributed by atoms with van der Waals surface area (Å²) >= 11 is 0. The predicted molar refractivity (Wildman–Crippen MR) is 50.5 cm³/mol. The van der Waals surface area contributed by atoms with Crippen molar-refractivity contribution in [2.75, 3.05) is 0 Å². The minimum absolute atomic E-state index is 0.242. The zero-order valence-corrected chi connectivity index (χ0v) is 8.06. The second-order valence-corrected chi connectivity index (χ2v) is 4.10. The molecule has 0 spiro atoms. The molecule has 0 N–H and O–H groups in total. The SMILES string of the molecule is CC1(C)CCC/C1=N/n1cncn1. The molecule has 0 amide bonds. The Balaban J connectivity index is 2.26. The van der Waals surface area contributed by atoms with Crippen molar-refractivity contribution in [1.82, 2.24) is 14.9 Å². The van der Waals surface area contributed by atoms with Crippen molar-refractivity contribution in [3.05, 3.63) is 12.7 Å². The van der Waals surface area contributed by atoms with Crippen molar-refractivity contribution in [1.29, 1.82) is 0 Å². The van der Waals surface area contributed by atoms with E-state index in [9.17, 15) is 0 Å². The molecule has 1 saturated carbocycles. The van der Waals surface area contributed by atoms with E-state index in [2.05, 4.69) is 29.0 Å². The van der Waals surface area contributed by atoms with Crippen molar-refractivity contribution in [3.8, 4) is 0 Å². The van der Waals surface area contributed by atoms with Gasteiger partial charge in [0.25, 0.3) is 0 Å². The molecule has 4 heteroatoms. The van der Waals surface area contributed by atoms with Gasteiger partial charge in [-0.25, -0.2) is 4.98 Å². The highest BCUT2D eigenvalue weighted by Gasteiger charge is 2.30. The van der Waals surface area contributed by atoms with Crippen LogP contribution in [0, 0.1) is 5.41 Å². The molecule has 0 radical (unpaired) electrons. The van der Waals surface area contributed by atoms with Gasteiger partial charge in [-0.05, 0) is 19.3 Å². The summed E-state index contributed by atoms with van der Waals surface area (Å²) in [5.74, 6) is 0. The van der Waals surface area contributed by atoms with Crippen molar-refractivity contribution in [2.45, 2.75) is 33.1 Å². The summed E-state index contributed by atoms with van der Waals surface area (Å²) in [7, 11) is 0. The zero-order valence-electron chi connectivity index (χ0n) is 8.06. The van der Waals surface area contributed by atoms with Crippen LogP contribution in [0.15, 0.2) is 17.8 Å². The fourth-order valence-electron chi connectivity index (χ4n) is 1.74. The van der Waals surface area contributed by atoms with Crippen molar-refractivity contribution in [2.24, 2.45) is 10.5 Å². The largest absolute Gasteiger partial charge is 0.221 e. The Morgan fingerprint density at radius 1 is 1.54 bits per heavy atom. The van der Waals surface area contributed by atoms with Crippen LogP contribution in [0.3, 0.4) is 0 Å². The van der Waals surface area contributed by atoms with Crippen LogP contribution in [0.25, 0.3) is 0 Å². The molecule has 0 aliphatic heterocycles. The molecule has 1 aromatic rings. The van der Waals surface area contributed by atoms with E-state index in [0.717, 1.165) is 6.42 Å². The van der Waals surface area contributed by atoms with Crippen molar-refractivity contribution >= 4 is 5.71 Å². The highest BCUT2D eigenvalue weighted by molar-refractivity contribution is 5.91. The summed E-state index contributed by atoms with van der Waals surface area (Å²) in [6.45, 7) is 4.46. The maximum absolute atomic E-state index is 4.43. The average molecular weight is 178 g/mol. The average Bonchev–Trinajstić information content (AvgIpc) is 2.63.